The molecule has 0 N–H and O–H groups in total. The molecule has 0 radical (unpaired) electrons. The Labute approximate surface area is 102 Å². The van der Waals surface area contributed by atoms with E-state index in [1.807, 2.05) is 4.57 Å². The fourth-order valence-corrected chi connectivity index (χ4v) is 3.31. The predicted octanol–water partition coefficient (Wildman–Crippen LogP) is 3.91. The van der Waals surface area contributed by atoms with Gasteiger partial charge in [0.1, 0.15) is 0 Å². The number of thiazole rings is 1. The zero-order chi connectivity index (χ0) is 12.7. The molecule has 16 heavy (non-hydrogen) atoms. The zero-order valence-electron chi connectivity index (χ0n) is 11.4. The van der Waals surface area contributed by atoms with E-state index >= 15 is 0 Å². The molecule has 1 aromatic heterocycles. The van der Waals surface area contributed by atoms with Gasteiger partial charge in [-0.3, -0.25) is 9.36 Å². The molecule has 0 aromatic carbocycles. The van der Waals surface area contributed by atoms with Gasteiger partial charge in [0, 0.05) is 16.1 Å². The van der Waals surface area contributed by atoms with E-state index in [1.54, 1.807) is 0 Å². The van der Waals surface area contributed by atoms with Crippen molar-refractivity contribution in [2.75, 3.05) is 0 Å². The molecule has 0 aliphatic heterocycles. The first-order chi connectivity index (χ1) is 7.16. The summed E-state index contributed by atoms with van der Waals surface area (Å²) in [7, 11) is 0. The molecule has 3 heteroatoms. The Kier molecular flexibility index (Phi) is 3.68. The summed E-state index contributed by atoms with van der Waals surface area (Å²) >= 11 is 1.41. The van der Waals surface area contributed by atoms with Gasteiger partial charge in [0.15, 0.2) is 0 Å². The van der Waals surface area contributed by atoms with Gasteiger partial charge in [0.25, 0.3) is 0 Å². The van der Waals surface area contributed by atoms with Crippen molar-refractivity contribution in [1.29, 1.82) is 0 Å². The van der Waals surface area contributed by atoms with Gasteiger partial charge >= 0.3 is 4.87 Å². The van der Waals surface area contributed by atoms with Crippen LogP contribution in [0.15, 0.2) is 4.79 Å². The first-order valence-corrected chi connectivity index (χ1v) is 6.74. The number of nitrogens with zero attached hydrogens (tertiary/aromatic N) is 1. The molecule has 0 amide bonds. The summed E-state index contributed by atoms with van der Waals surface area (Å²) in [5, 5.41) is 0. The summed E-state index contributed by atoms with van der Waals surface area (Å²) in [6.07, 6.45) is 0. The van der Waals surface area contributed by atoms with Crippen molar-refractivity contribution in [3.63, 3.8) is 0 Å². The Morgan fingerprint density at radius 2 is 1.56 bits per heavy atom. The molecule has 0 spiro atoms. The van der Waals surface area contributed by atoms with Crippen molar-refractivity contribution in [3.05, 3.63) is 20.2 Å². The lowest BCUT2D eigenvalue weighted by molar-refractivity contribution is 0.371. The van der Waals surface area contributed by atoms with Crippen LogP contribution >= 0.6 is 11.3 Å². The second kappa shape index (κ2) is 4.36. The number of hydrogen-bond donors (Lipinski definition) is 0. The monoisotopic (exact) mass is 241 g/mol. The summed E-state index contributed by atoms with van der Waals surface area (Å²) in [4.78, 5) is 13.5. The van der Waals surface area contributed by atoms with Crippen molar-refractivity contribution in [2.24, 2.45) is 0 Å². The normalized spacial score (nSPS) is 12.8. The topological polar surface area (TPSA) is 22.0 Å². The van der Waals surface area contributed by atoms with Crippen LogP contribution in [-0.4, -0.2) is 4.57 Å². The second-order valence-electron chi connectivity index (χ2n) is 5.93. The molecule has 0 fully saturated rings. The quantitative estimate of drug-likeness (QED) is 0.769. The Morgan fingerprint density at radius 3 is 1.88 bits per heavy atom. The molecule has 1 heterocycles. The van der Waals surface area contributed by atoms with Gasteiger partial charge in [-0.05, 0) is 32.6 Å². The Balaban J connectivity index is 3.55. The standard InChI is InChI=1S/C13H23NOS/c1-8(2)10-11(9(3)4)16-12(15)14(10)13(5,6)7/h8-9H,1-7H3. The lowest BCUT2D eigenvalue weighted by Crippen LogP contribution is -2.32. The molecule has 92 valence electrons. The lowest BCUT2D eigenvalue weighted by atomic mass is 10.00. The minimum absolute atomic E-state index is 0.125. The van der Waals surface area contributed by atoms with Gasteiger partial charge < -0.3 is 0 Å². The summed E-state index contributed by atoms with van der Waals surface area (Å²) in [5.41, 5.74) is 1.10. The molecule has 0 aliphatic carbocycles. The van der Waals surface area contributed by atoms with Gasteiger partial charge in [0.2, 0.25) is 0 Å². The van der Waals surface area contributed by atoms with Crippen molar-refractivity contribution in [2.45, 2.75) is 65.8 Å². The maximum absolute atomic E-state index is 12.1. The highest BCUT2D eigenvalue weighted by atomic mass is 32.1. The summed E-state index contributed by atoms with van der Waals surface area (Å²) < 4.78 is 1.97. The highest BCUT2D eigenvalue weighted by Gasteiger charge is 2.26. The second-order valence-corrected chi connectivity index (χ2v) is 6.93. The van der Waals surface area contributed by atoms with E-state index in [-0.39, 0.29) is 10.4 Å². The average molecular weight is 241 g/mol. The third-order valence-electron chi connectivity index (χ3n) is 2.62. The van der Waals surface area contributed by atoms with Crippen LogP contribution in [0.25, 0.3) is 0 Å². The zero-order valence-corrected chi connectivity index (χ0v) is 12.2. The van der Waals surface area contributed by atoms with E-state index in [0.29, 0.717) is 11.8 Å². The average Bonchev–Trinajstić information content (AvgIpc) is 2.41. The maximum Gasteiger partial charge on any atom is 0.308 e. The lowest BCUT2D eigenvalue weighted by Gasteiger charge is -2.25. The molecular weight excluding hydrogens is 218 g/mol. The van der Waals surface area contributed by atoms with Crippen LogP contribution in [0, 0.1) is 0 Å². The highest BCUT2D eigenvalue weighted by Crippen LogP contribution is 2.31. The first kappa shape index (κ1) is 13.5. The Bertz CT molecular complexity index is 418. The molecule has 0 bridgehead atoms. The van der Waals surface area contributed by atoms with Crippen molar-refractivity contribution >= 4 is 11.3 Å². The Morgan fingerprint density at radius 1 is 1.06 bits per heavy atom. The first-order valence-electron chi connectivity index (χ1n) is 5.92. The third-order valence-corrected chi connectivity index (χ3v) is 3.87. The molecule has 0 atom stereocenters. The molecule has 1 aromatic rings. The van der Waals surface area contributed by atoms with Crippen LogP contribution in [-0.2, 0) is 5.54 Å². The van der Waals surface area contributed by atoms with Crippen molar-refractivity contribution in [1.82, 2.24) is 4.57 Å². The predicted molar refractivity (Wildman–Crippen MR) is 71.8 cm³/mol. The van der Waals surface area contributed by atoms with Crippen LogP contribution < -0.4 is 4.87 Å². The van der Waals surface area contributed by atoms with Gasteiger partial charge in [-0.25, -0.2) is 0 Å². The smallest absolute Gasteiger partial charge is 0.297 e. The van der Waals surface area contributed by atoms with Crippen LogP contribution in [0.4, 0.5) is 0 Å². The van der Waals surface area contributed by atoms with Crippen LogP contribution in [0.3, 0.4) is 0 Å². The van der Waals surface area contributed by atoms with E-state index in [9.17, 15) is 4.79 Å². The third kappa shape index (κ3) is 2.40. The van der Waals surface area contributed by atoms with E-state index in [4.69, 9.17) is 0 Å². The van der Waals surface area contributed by atoms with Crippen molar-refractivity contribution in [3.8, 4) is 0 Å². The van der Waals surface area contributed by atoms with E-state index in [0.717, 1.165) is 0 Å². The highest BCUT2D eigenvalue weighted by molar-refractivity contribution is 7.09. The fourth-order valence-electron chi connectivity index (χ4n) is 1.99. The summed E-state index contributed by atoms with van der Waals surface area (Å²) in [6, 6.07) is 0. The largest absolute Gasteiger partial charge is 0.308 e. The number of rotatable bonds is 2. The van der Waals surface area contributed by atoms with E-state index < -0.39 is 0 Å². The molecular formula is C13H23NOS. The molecule has 0 saturated heterocycles. The van der Waals surface area contributed by atoms with Gasteiger partial charge in [-0.15, -0.1) is 0 Å². The summed E-state index contributed by atoms with van der Waals surface area (Å²) in [6.45, 7) is 14.9. The van der Waals surface area contributed by atoms with Gasteiger partial charge in [0.05, 0.1) is 0 Å². The van der Waals surface area contributed by atoms with Crippen LogP contribution in [0.2, 0.25) is 0 Å². The van der Waals surface area contributed by atoms with Crippen LogP contribution in [0.5, 0.6) is 0 Å². The van der Waals surface area contributed by atoms with Crippen molar-refractivity contribution < 1.29 is 0 Å². The summed E-state index contributed by atoms with van der Waals surface area (Å²) in [5.74, 6) is 0.828. The molecule has 0 unspecified atom stereocenters. The molecule has 1 rings (SSSR count). The number of hydrogen-bond acceptors (Lipinski definition) is 2. The minimum Gasteiger partial charge on any atom is -0.297 e. The number of aromatic nitrogens is 1. The van der Waals surface area contributed by atoms with Gasteiger partial charge in [-0.2, -0.15) is 0 Å². The molecule has 0 saturated carbocycles. The van der Waals surface area contributed by atoms with E-state index in [1.165, 1.54) is 21.9 Å². The van der Waals surface area contributed by atoms with Gasteiger partial charge in [-0.1, -0.05) is 39.0 Å². The Hall–Kier alpha value is -0.570. The SMILES string of the molecule is CC(C)c1sc(=O)n(C(C)(C)C)c1C(C)C. The van der Waals surface area contributed by atoms with Crippen LogP contribution in [0.1, 0.15) is 70.9 Å². The molecule has 0 aliphatic rings. The molecule has 2 nitrogen and oxygen atoms in total. The fraction of sp³-hybridized carbons (Fsp3) is 0.769. The van der Waals surface area contributed by atoms with E-state index in [2.05, 4.69) is 48.5 Å². The minimum atomic E-state index is -0.125. The maximum atomic E-state index is 12.1.